The van der Waals surface area contributed by atoms with E-state index < -0.39 is 0 Å². The number of anilines is 1. The van der Waals surface area contributed by atoms with Crippen LogP contribution in [0.25, 0.3) is 0 Å². The summed E-state index contributed by atoms with van der Waals surface area (Å²) in [5.41, 5.74) is 8.59. The van der Waals surface area contributed by atoms with Crippen LogP contribution in [0.2, 0.25) is 0 Å². The molecule has 0 saturated heterocycles. The molecule has 2 nitrogen and oxygen atoms in total. The molecule has 1 aromatic carbocycles. The van der Waals surface area contributed by atoms with Crippen molar-refractivity contribution < 1.29 is 0 Å². The highest BCUT2D eigenvalue weighted by atomic mass is 79.9. The van der Waals surface area contributed by atoms with Gasteiger partial charge in [0, 0.05) is 24.1 Å². The van der Waals surface area contributed by atoms with Gasteiger partial charge in [-0.3, -0.25) is 0 Å². The zero-order valence-electron chi connectivity index (χ0n) is 12.5. The average molecular weight is 327 g/mol. The maximum atomic E-state index is 6.01. The number of rotatable bonds is 8. The summed E-state index contributed by atoms with van der Waals surface area (Å²) >= 11 is 3.69. The van der Waals surface area contributed by atoms with Crippen molar-refractivity contribution in [3.8, 4) is 0 Å². The normalized spacial score (nSPS) is 12.5. The van der Waals surface area contributed by atoms with E-state index in [2.05, 4.69) is 59.9 Å². The standard InChI is InChI=1S/C16H27BrN2/c1-4-6-7-10-19(3)16-9-8-13(12-15(16)17)11-14(18)5-2/h8-9,12,14H,4-7,10-11,18H2,1-3H3. The van der Waals surface area contributed by atoms with E-state index in [1.807, 2.05) is 0 Å². The third-order valence-corrected chi connectivity index (χ3v) is 4.18. The van der Waals surface area contributed by atoms with E-state index in [0.29, 0.717) is 0 Å². The first-order chi connectivity index (χ1) is 9.08. The summed E-state index contributed by atoms with van der Waals surface area (Å²) in [6, 6.07) is 6.88. The first-order valence-corrected chi connectivity index (χ1v) is 8.12. The number of nitrogens with two attached hydrogens (primary N) is 1. The third-order valence-electron chi connectivity index (χ3n) is 3.54. The maximum Gasteiger partial charge on any atom is 0.0508 e. The molecule has 3 heteroatoms. The fraction of sp³-hybridized carbons (Fsp3) is 0.625. The number of nitrogens with zero attached hydrogens (tertiary/aromatic N) is 1. The quantitative estimate of drug-likeness (QED) is 0.719. The summed E-state index contributed by atoms with van der Waals surface area (Å²) in [6.45, 7) is 5.48. The molecular weight excluding hydrogens is 300 g/mol. The second-order valence-corrected chi connectivity index (χ2v) is 6.14. The smallest absolute Gasteiger partial charge is 0.0508 e. The molecule has 0 saturated carbocycles. The van der Waals surface area contributed by atoms with Crippen LogP contribution >= 0.6 is 15.9 Å². The van der Waals surface area contributed by atoms with Gasteiger partial charge in [0.2, 0.25) is 0 Å². The lowest BCUT2D eigenvalue weighted by molar-refractivity contribution is 0.646. The highest BCUT2D eigenvalue weighted by molar-refractivity contribution is 9.10. The van der Waals surface area contributed by atoms with Gasteiger partial charge in [-0.2, -0.15) is 0 Å². The fourth-order valence-corrected chi connectivity index (χ4v) is 2.88. The van der Waals surface area contributed by atoms with Gasteiger partial charge in [-0.25, -0.2) is 0 Å². The highest BCUT2D eigenvalue weighted by Gasteiger charge is 2.08. The number of halogens is 1. The lowest BCUT2D eigenvalue weighted by Crippen LogP contribution is -2.22. The van der Waals surface area contributed by atoms with Crippen molar-refractivity contribution in [2.45, 2.75) is 52.0 Å². The molecule has 19 heavy (non-hydrogen) atoms. The van der Waals surface area contributed by atoms with E-state index in [1.54, 1.807) is 0 Å². The van der Waals surface area contributed by atoms with Gasteiger partial charge in [0.05, 0.1) is 5.69 Å². The summed E-state index contributed by atoms with van der Waals surface area (Å²) in [5.74, 6) is 0. The molecule has 2 N–H and O–H groups in total. The number of hydrogen-bond acceptors (Lipinski definition) is 2. The number of benzene rings is 1. The highest BCUT2D eigenvalue weighted by Crippen LogP contribution is 2.27. The van der Waals surface area contributed by atoms with Gasteiger partial charge in [0.25, 0.3) is 0 Å². The minimum absolute atomic E-state index is 0.264. The Bertz CT molecular complexity index is 379. The molecule has 1 aromatic rings. The van der Waals surface area contributed by atoms with Gasteiger partial charge < -0.3 is 10.6 Å². The van der Waals surface area contributed by atoms with Crippen molar-refractivity contribution in [3.63, 3.8) is 0 Å². The monoisotopic (exact) mass is 326 g/mol. The van der Waals surface area contributed by atoms with Crippen LogP contribution in [0.4, 0.5) is 5.69 Å². The molecule has 108 valence electrons. The van der Waals surface area contributed by atoms with Crippen molar-refractivity contribution in [1.82, 2.24) is 0 Å². The second-order valence-electron chi connectivity index (χ2n) is 5.29. The molecule has 1 unspecified atom stereocenters. The Balaban J connectivity index is 2.65. The summed E-state index contributed by atoms with van der Waals surface area (Å²) in [5, 5.41) is 0. The van der Waals surface area contributed by atoms with Crippen LogP contribution in [0.1, 0.15) is 45.1 Å². The first kappa shape index (κ1) is 16.5. The van der Waals surface area contributed by atoms with Gasteiger partial charge in [0.1, 0.15) is 0 Å². The topological polar surface area (TPSA) is 29.3 Å². The molecule has 0 aliphatic carbocycles. The Morgan fingerprint density at radius 2 is 2.00 bits per heavy atom. The summed E-state index contributed by atoms with van der Waals surface area (Å²) < 4.78 is 1.17. The fourth-order valence-electron chi connectivity index (χ4n) is 2.15. The predicted molar refractivity (Wildman–Crippen MR) is 88.9 cm³/mol. The van der Waals surface area contributed by atoms with Crippen molar-refractivity contribution >= 4 is 21.6 Å². The van der Waals surface area contributed by atoms with E-state index in [1.165, 1.54) is 35.0 Å². The van der Waals surface area contributed by atoms with Gasteiger partial charge in [-0.05, 0) is 52.9 Å². The largest absolute Gasteiger partial charge is 0.374 e. The summed E-state index contributed by atoms with van der Waals surface area (Å²) in [6.07, 6.45) is 5.79. The van der Waals surface area contributed by atoms with Crippen LogP contribution in [0.3, 0.4) is 0 Å². The van der Waals surface area contributed by atoms with E-state index >= 15 is 0 Å². The Morgan fingerprint density at radius 1 is 1.26 bits per heavy atom. The maximum absolute atomic E-state index is 6.01. The lowest BCUT2D eigenvalue weighted by Gasteiger charge is -2.21. The Morgan fingerprint density at radius 3 is 2.58 bits per heavy atom. The van der Waals surface area contributed by atoms with Crippen molar-refractivity contribution in [1.29, 1.82) is 0 Å². The molecule has 0 aromatic heterocycles. The third kappa shape index (κ3) is 5.53. The Labute approximate surface area is 126 Å². The number of unbranched alkanes of at least 4 members (excludes halogenated alkanes) is 2. The van der Waals surface area contributed by atoms with Gasteiger partial charge in [-0.1, -0.05) is 32.8 Å². The molecule has 0 aliphatic heterocycles. The van der Waals surface area contributed by atoms with E-state index in [9.17, 15) is 0 Å². The molecule has 1 atom stereocenters. The molecule has 0 spiro atoms. The molecular formula is C16H27BrN2. The van der Waals surface area contributed by atoms with Crippen LogP contribution in [0.15, 0.2) is 22.7 Å². The molecule has 0 amide bonds. The van der Waals surface area contributed by atoms with Crippen LogP contribution in [0.5, 0.6) is 0 Å². The SMILES string of the molecule is CCCCCN(C)c1ccc(CC(N)CC)cc1Br. The van der Waals surface area contributed by atoms with Gasteiger partial charge in [-0.15, -0.1) is 0 Å². The van der Waals surface area contributed by atoms with Crippen LogP contribution < -0.4 is 10.6 Å². The van der Waals surface area contributed by atoms with E-state index in [-0.39, 0.29) is 6.04 Å². The van der Waals surface area contributed by atoms with E-state index in [4.69, 9.17) is 5.73 Å². The summed E-state index contributed by atoms with van der Waals surface area (Å²) in [4.78, 5) is 2.32. The van der Waals surface area contributed by atoms with Crippen LogP contribution in [-0.2, 0) is 6.42 Å². The van der Waals surface area contributed by atoms with Gasteiger partial charge in [0.15, 0.2) is 0 Å². The van der Waals surface area contributed by atoms with Crippen LogP contribution in [0, 0.1) is 0 Å². The van der Waals surface area contributed by atoms with Crippen molar-refractivity contribution in [3.05, 3.63) is 28.2 Å². The Kier molecular flexibility index (Phi) is 7.47. The molecule has 0 bridgehead atoms. The minimum atomic E-state index is 0.264. The second kappa shape index (κ2) is 8.60. The lowest BCUT2D eigenvalue weighted by atomic mass is 10.0. The molecule has 0 radical (unpaired) electrons. The predicted octanol–water partition coefficient (Wildman–Crippen LogP) is 4.36. The van der Waals surface area contributed by atoms with Crippen molar-refractivity contribution in [2.75, 3.05) is 18.5 Å². The average Bonchev–Trinajstić information content (AvgIpc) is 2.38. The first-order valence-electron chi connectivity index (χ1n) is 7.33. The Hall–Kier alpha value is -0.540. The van der Waals surface area contributed by atoms with E-state index in [0.717, 1.165) is 19.4 Å². The molecule has 0 aliphatic rings. The van der Waals surface area contributed by atoms with Crippen LogP contribution in [-0.4, -0.2) is 19.6 Å². The zero-order chi connectivity index (χ0) is 14.3. The molecule has 1 rings (SSSR count). The molecule has 0 heterocycles. The molecule has 0 fully saturated rings. The number of hydrogen-bond donors (Lipinski definition) is 1. The van der Waals surface area contributed by atoms with Gasteiger partial charge >= 0.3 is 0 Å². The zero-order valence-corrected chi connectivity index (χ0v) is 14.0. The summed E-state index contributed by atoms with van der Waals surface area (Å²) in [7, 11) is 2.16. The minimum Gasteiger partial charge on any atom is -0.374 e. The van der Waals surface area contributed by atoms with Crippen molar-refractivity contribution in [2.24, 2.45) is 5.73 Å².